The topological polar surface area (TPSA) is 96.0 Å². The van der Waals surface area contributed by atoms with E-state index in [1.54, 1.807) is 49.4 Å². The number of hydrogen-bond donors (Lipinski definition) is 1. The second-order valence-corrected chi connectivity index (χ2v) is 7.98. The number of aryl methyl sites for hydroxylation is 1. The predicted molar refractivity (Wildman–Crippen MR) is 121 cm³/mol. The van der Waals surface area contributed by atoms with Gasteiger partial charge in [-0.3, -0.25) is 4.79 Å². The van der Waals surface area contributed by atoms with Crippen LogP contribution in [0.2, 0.25) is 5.02 Å². The molecule has 168 valence electrons. The third kappa shape index (κ3) is 6.12. The fourth-order valence-electron chi connectivity index (χ4n) is 2.66. The van der Waals surface area contributed by atoms with E-state index in [-0.39, 0.29) is 6.61 Å². The molecule has 0 aliphatic rings. The van der Waals surface area contributed by atoms with Crippen molar-refractivity contribution in [3.63, 3.8) is 0 Å². The third-order valence-corrected chi connectivity index (χ3v) is 5.58. The van der Waals surface area contributed by atoms with E-state index in [0.29, 0.717) is 43.5 Å². The number of carbonyl (C=O) groups is 2. The highest BCUT2D eigenvalue weighted by atomic mass is 35.5. The van der Waals surface area contributed by atoms with Crippen LogP contribution in [0.3, 0.4) is 0 Å². The summed E-state index contributed by atoms with van der Waals surface area (Å²) >= 11 is 7.01. The first kappa shape index (κ1) is 23.4. The molecule has 1 aromatic heterocycles. The van der Waals surface area contributed by atoms with E-state index >= 15 is 0 Å². The number of methoxy groups -OCH3 is 2. The number of nitrogens with zero attached hydrogens (tertiary/aromatic N) is 1. The SMILES string of the molecule is COc1ccc(NC(=O)COC(=O)c2sc(COc3ccc(Cl)cc3)nc2C)c(OC)c1. The summed E-state index contributed by atoms with van der Waals surface area (Å²) in [6, 6.07) is 11.9. The first-order chi connectivity index (χ1) is 15.4. The summed E-state index contributed by atoms with van der Waals surface area (Å²) in [4.78, 5) is 29.3. The second kappa shape index (κ2) is 10.8. The summed E-state index contributed by atoms with van der Waals surface area (Å²) in [5.74, 6) is 0.511. The number of thiazole rings is 1. The lowest BCUT2D eigenvalue weighted by atomic mass is 10.2. The van der Waals surface area contributed by atoms with Gasteiger partial charge in [0.05, 0.1) is 25.6 Å². The number of aromatic nitrogens is 1. The van der Waals surface area contributed by atoms with Crippen LogP contribution in [-0.2, 0) is 16.1 Å². The number of carbonyl (C=O) groups excluding carboxylic acids is 2. The minimum atomic E-state index is -0.630. The zero-order chi connectivity index (χ0) is 23.1. The number of ether oxygens (including phenoxy) is 4. The number of amides is 1. The van der Waals surface area contributed by atoms with Gasteiger partial charge in [0.2, 0.25) is 0 Å². The van der Waals surface area contributed by atoms with Crippen LogP contribution in [-0.4, -0.2) is 37.7 Å². The van der Waals surface area contributed by atoms with Crippen LogP contribution in [0, 0.1) is 6.92 Å². The van der Waals surface area contributed by atoms with Crippen LogP contribution in [0.1, 0.15) is 20.4 Å². The number of nitrogens with one attached hydrogen (secondary N) is 1. The minimum absolute atomic E-state index is 0.193. The number of hydrogen-bond acceptors (Lipinski definition) is 8. The molecule has 0 saturated carbocycles. The molecular formula is C22H21ClN2O6S. The fraction of sp³-hybridized carbons (Fsp3) is 0.227. The van der Waals surface area contributed by atoms with Crippen LogP contribution >= 0.6 is 22.9 Å². The zero-order valence-corrected chi connectivity index (χ0v) is 19.2. The van der Waals surface area contributed by atoms with Gasteiger partial charge in [-0.15, -0.1) is 11.3 Å². The summed E-state index contributed by atoms with van der Waals surface area (Å²) < 4.78 is 21.2. The van der Waals surface area contributed by atoms with Gasteiger partial charge >= 0.3 is 5.97 Å². The number of anilines is 1. The molecule has 0 fully saturated rings. The highest BCUT2D eigenvalue weighted by Crippen LogP contribution is 2.29. The quantitative estimate of drug-likeness (QED) is 0.454. The van der Waals surface area contributed by atoms with Gasteiger partial charge < -0.3 is 24.3 Å². The number of benzene rings is 2. The van der Waals surface area contributed by atoms with Crippen LogP contribution in [0.5, 0.6) is 17.2 Å². The molecule has 3 aromatic rings. The molecule has 0 unspecified atom stereocenters. The normalized spacial score (nSPS) is 10.4. The molecule has 32 heavy (non-hydrogen) atoms. The van der Waals surface area contributed by atoms with Crippen LogP contribution in [0.25, 0.3) is 0 Å². The molecule has 0 atom stereocenters. The summed E-state index contributed by atoms with van der Waals surface area (Å²) in [6.07, 6.45) is 0. The molecule has 0 saturated heterocycles. The molecule has 0 spiro atoms. The summed E-state index contributed by atoms with van der Waals surface area (Å²) in [5.41, 5.74) is 0.942. The molecule has 1 heterocycles. The lowest BCUT2D eigenvalue weighted by molar-refractivity contribution is -0.119. The Bertz CT molecular complexity index is 1100. The van der Waals surface area contributed by atoms with Crippen molar-refractivity contribution in [2.75, 3.05) is 26.1 Å². The van der Waals surface area contributed by atoms with Crippen LogP contribution in [0.15, 0.2) is 42.5 Å². The molecule has 0 aliphatic heterocycles. The molecule has 0 bridgehead atoms. The predicted octanol–water partition coefficient (Wildman–Crippen LogP) is 4.50. The van der Waals surface area contributed by atoms with Gasteiger partial charge in [-0.2, -0.15) is 0 Å². The van der Waals surface area contributed by atoms with Crippen molar-refractivity contribution in [1.82, 2.24) is 4.98 Å². The average Bonchev–Trinajstić information content (AvgIpc) is 3.18. The van der Waals surface area contributed by atoms with E-state index in [1.807, 2.05) is 0 Å². The second-order valence-electron chi connectivity index (χ2n) is 6.46. The van der Waals surface area contributed by atoms with Crippen molar-refractivity contribution in [2.24, 2.45) is 0 Å². The highest BCUT2D eigenvalue weighted by molar-refractivity contribution is 7.13. The van der Waals surface area contributed by atoms with Gasteiger partial charge in [-0.25, -0.2) is 9.78 Å². The Hall–Kier alpha value is -3.30. The summed E-state index contributed by atoms with van der Waals surface area (Å²) in [7, 11) is 3.01. The number of halogens is 1. The Labute approximate surface area is 194 Å². The van der Waals surface area contributed by atoms with Gasteiger partial charge in [-0.1, -0.05) is 11.6 Å². The summed E-state index contributed by atoms with van der Waals surface area (Å²) in [6.45, 7) is 1.43. The van der Waals surface area contributed by atoms with E-state index in [0.717, 1.165) is 11.3 Å². The van der Waals surface area contributed by atoms with Gasteiger partial charge in [0.1, 0.15) is 33.7 Å². The maximum absolute atomic E-state index is 12.4. The number of esters is 1. The van der Waals surface area contributed by atoms with Gasteiger partial charge in [0.25, 0.3) is 5.91 Å². The Balaban J connectivity index is 1.54. The standard InChI is InChI=1S/C22H21ClN2O6S/c1-13-21(32-20(24-13)12-30-15-6-4-14(23)5-7-15)22(27)31-11-19(26)25-17-9-8-16(28-2)10-18(17)29-3/h4-10H,11-12H2,1-3H3,(H,25,26). The first-order valence-electron chi connectivity index (χ1n) is 9.43. The van der Waals surface area contributed by atoms with E-state index < -0.39 is 18.5 Å². The van der Waals surface area contributed by atoms with E-state index in [4.69, 9.17) is 30.5 Å². The number of rotatable bonds is 9. The van der Waals surface area contributed by atoms with E-state index in [2.05, 4.69) is 10.3 Å². The molecule has 1 N–H and O–H groups in total. The van der Waals surface area contributed by atoms with Crippen molar-refractivity contribution in [3.8, 4) is 17.2 Å². The Morgan fingerprint density at radius 3 is 2.47 bits per heavy atom. The molecule has 8 nitrogen and oxygen atoms in total. The largest absolute Gasteiger partial charge is 0.497 e. The average molecular weight is 477 g/mol. The lowest BCUT2D eigenvalue weighted by Crippen LogP contribution is -2.21. The summed E-state index contributed by atoms with van der Waals surface area (Å²) in [5, 5.41) is 3.86. The van der Waals surface area contributed by atoms with Gasteiger partial charge in [0, 0.05) is 11.1 Å². The van der Waals surface area contributed by atoms with Crippen molar-refractivity contribution < 1.29 is 28.5 Å². The van der Waals surface area contributed by atoms with Crippen molar-refractivity contribution in [3.05, 3.63) is 63.1 Å². The van der Waals surface area contributed by atoms with E-state index in [1.165, 1.54) is 14.2 Å². The highest BCUT2D eigenvalue weighted by Gasteiger charge is 2.19. The maximum Gasteiger partial charge on any atom is 0.350 e. The minimum Gasteiger partial charge on any atom is -0.497 e. The Morgan fingerprint density at radius 1 is 1.06 bits per heavy atom. The Morgan fingerprint density at radius 2 is 1.78 bits per heavy atom. The molecule has 2 aromatic carbocycles. The maximum atomic E-state index is 12.4. The van der Waals surface area contributed by atoms with Crippen LogP contribution < -0.4 is 19.5 Å². The monoisotopic (exact) mass is 476 g/mol. The molecule has 1 amide bonds. The lowest BCUT2D eigenvalue weighted by Gasteiger charge is -2.11. The van der Waals surface area contributed by atoms with Crippen molar-refractivity contribution >= 4 is 40.5 Å². The molecule has 10 heteroatoms. The molecule has 3 rings (SSSR count). The van der Waals surface area contributed by atoms with Crippen molar-refractivity contribution in [1.29, 1.82) is 0 Å². The molecular weight excluding hydrogens is 456 g/mol. The van der Waals surface area contributed by atoms with Gasteiger partial charge in [0.15, 0.2) is 6.61 Å². The van der Waals surface area contributed by atoms with Crippen molar-refractivity contribution in [2.45, 2.75) is 13.5 Å². The van der Waals surface area contributed by atoms with Gasteiger partial charge in [-0.05, 0) is 43.3 Å². The fourth-order valence-corrected chi connectivity index (χ4v) is 3.66. The van der Waals surface area contributed by atoms with Crippen LogP contribution in [0.4, 0.5) is 5.69 Å². The Kier molecular flexibility index (Phi) is 7.91. The van der Waals surface area contributed by atoms with E-state index in [9.17, 15) is 9.59 Å². The first-order valence-corrected chi connectivity index (χ1v) is 10.6. The molecule has 0 aliphatic carbocycles. The third-order valence-electron chi connectivity index (χ3n) is 4.22. The molecule has 0 radical (unpaired) electrons. The smallest absolute Gasteiger partial charge is 0.350 e. The zero-order valence-electron chi connectivity index (χ0n) is 17.6.